The van der Waals surface area contributed by atoms with Crippen LogP contribution >= 0.6 is 33.9 Å². The van der Waals surface area contributed by atoms with E-state index in [0.29, 0.717) is 0 Å². The Morgan fingerprint density at radius 1 is 1.55 bits per heavy atom. The second kappa shape index (κ2) is 2.60. The van der Waals surface area contributed by atoms with Gasteiger partial charge in [0.1, 0.15) is 0 Å². The molecule has 11 heavy (non-hydrogen) atoms. The SMILES string of the molecule is O=c1[nH]cc(I)c2sccc12. The van der Waals surface area contributed by atoms with Crippen molar-refractivity contribution in [1.29, 1.82) is 0 Å². The topological polar surface area (TPSA) is 32.9 Å². The summed E-state index contributed by atoms with van der Waals surface area (Å²) in [6, 6.07) is 1.85. The van der Waals surface area contributed by atoms with Gasteiger partial charge in [0.05, 0.1) is 10.1 Å². The Labute approximate surface area is 80.4 Å². The molecule has 0 spiro atoms. The third-order valence-electron chi connectivity index (χ3n) is 1.46. The highest BCUT2D eigenvalue weighted by molar-refractivity contribution is 14.1. The standard InChI is InChI=1S/C7H4INOS/c8-5-3-9-7(10)4-1-2-11-6(4)5/h1-3H,(H,9,10). The summed E-state index contributed by atoms with van der Waals surface area (Å²) in [6.07, 6.45) is 1.74. The Hall–Kier alpha value is -0.360. The lowest BCUT2D eigenvalue weighted by atomic mass is 10.3. The zero-order chi connectivity index (χ0) is 7.84. The Morgan fingerprint density at radius 3 is 3.09 bits per heavy atom. The van der Waals surface area contributed by atoms with Crippen molar-refractivity contribution < 1.29 is 0 Å². The fraction of sp³-hybridized carbons (Fsp3) is 0. The van der Waals surface area contributed by atoms with Crippen LogP contribution < -0.4 is 5.56 Å². The van der Waals surface area contributed by atoms with Crippen molar-refractivity contribution in [2.75, 3.05) is 0 Å². The largest absolute Gasteiger partial charge is 0.327 e. The molecule has 2 aromatic heterocycles. The predicted molar refractivity (Wildman–Crippen MR) is 55.2 cm³/mol. The number of rotatable bonds is 0. The second-order valence-corrected chi connectivity index (χ2v) is 4.21. The van der Waals surface area contributed by atoms with E-state index < -0.39 is 0 Å². The molecule has 0 atom stereocenters. The van der Waals surface area contributed by atoms with Gasteiger partial charge in [-0.2, -0.15) is 0 Å². The third kappa shape index (κ3) is 1.10. The van der Waals surface area contributed by atoms with Crippen molar-refractivity contribution in [3.8, 4) is 0 Å². The van der Waals surface area contributed by atoms with Crippen LogP contribution in [0.1, 0.15) is 0 Å². The first-order valence-electron chi connectivity index (χ1n) is 3.03. The van der Waals surface area contributed by atoms with Gasteiger partial charge in [0.15, 0.2) is 0 Å². The summed E-state index contributed by atoms with van der Waals surface area (Å²) in [4.78, 5) is 13.8. The molecule has 56 valence electrons. The molecule has 0 unspecified atom stereocenters. The first kappa shape index (κ1) is 7.30. The van der Waals surface area contributed by atoms with Gasteiger partial charge in [-0.25, -0.2) is 0 Å². The van der Waals surface area contributed by atoms with Crippen LogP contribution in [0, 0.1) is 3.57 Å². The predicted octanol–water partition coefficient (Wildman–Crippen LogP) is 2.19. The van der Waals surface area contributed by atoms with Crippen LogP contribution in [-0.2, 0) is 0 Å². The molecule has 0 aliphatic heterocycles. The van der Waals surface area contributed by atoms with Crippen molar-refractivity contribution >= 4 is 44.0 Å². The summed E-state index contributed by atoms with van der Waals surface area (Å²) in [5.41, 5.74) is 0.00154. The Morgan fingerprint density at radius 2 is 2.36 bits per heavy atom. The number of hydrogen-bond donors (Lipinski definition) is 1. The summed E-state index contributed by atoms with van der Waals surface area (Å²) in [7, 11) is 0. The molecule has 2 heterocycles. The van der Waals surface area contributed by atoms with E-state index in [2.05, 4.69) is 27.6 Å². The molecule has 0 fully saturated rings. The molecule has 0 aliphatic rings. The van der Waals surface area contributed by atoms with Crippen LogP contribution in [-0.4, -0.2) is 4.98 Å². The smallest absolute Gasteiger partial charge is 0.256 e. The van der Waals surface area contributed by atoms with Crippen LogP contribution in [0.3, 0.4) is 0 Å². The summed E-state index contributed by atoms with van der Waals surface area (Å²) in [6.45, 7) is 0. The van der Waals surface area contributed by atoms with Crippen molar-refractivity contribution in [3.63, 3.8) is 0 Å². The van der Waals surface area contributed by atoms with Gasteiger partial charge in [0.25, 0.3) is 5.56 Å². The number of pyridine rings is 1. The minimum Gasteiger partial charge on any atom is -0.327 e. The second-order valence-electron chi connectivity index (χ2n) is 2.13. The van der Waals surface area contributed by atoms with Crippen molar-refractivity contribution in [2.24, 2.45) is 0 Å². The number of hydrogen-bond acceptors (Lipinski definition) is 2. The molecular weight excluding hydrogens is 273 g/mol. The average molecular weight is 277 g/mol. The molecular formula is C7H4INOS. The number of halogens is 1. The van der Waals surface area contributed by atoms with Gasteiger partial charge in [-0.3, -0.25) is 4.79 Å². The lowest BCUT2D eigenvalue weighted by molar-refractivity contribution is 1.27. The van der Waals surface area contributed by atoms with E-state index in [1.54, 1.807) is 17.5 Å². The van der Waals surface area contributed by atoms with Crippen LogP contribution in [0.4, 0.5) is 0 Å². The highest BCUT2D eigenvalue weighted by Crippen LogP contribution is 2.21. The van der Waals surface area contributed by atoms with E-state index in [4.69, 9.17) is 0 Å². The molecule has 0 saturated carbocycles. The number of H-pyrrole nitrogens is 1. The Balaban J connectivity index is 3.08. The molecule has 0 bridgehead atoms. The highest BCUT2D eigenvalue weighted by atomic mass is 127. The highest BCUT2D eigenvalue weighted by Gasteiger charge is 2.01. The maximum atomic E-state index is 11.1. The van der Waals surface area contributed by atoms with Gasteiger partial charge in [0, 0.05) is 9.77 Å². The quantitative estimate of drug-likeness (QED) is 0.736. The molecule has 4 heteroatoms. The number of fused-ring (bicyclic) bond motifs is 1. The van der Waals surface area contributed by atoms with Crippen molar-refractivity contribution in [3.05, 3.63) is 31.6 Å². The van der Waals surface area contributed by atoms with Crippen molar-refractivity contribution in [2.45, 2.75) is 0 Å². The van der Waals surface area contributed by atoms with E-state index in [1.807, 2.05) is 11.4 Å². The van der Waals surface area contributed by atoms with Crippen LogP contribution in [0.5, 0.6) is 0 Å². The molecule has 2 aromatic rings. The lowest BCUT2D eigenvalue weighted by Crippen LogP contribution is -2.03. The number of aromatic amines is 1. The van der Waals surface area contributed by atoms with E-state index in [0.717, 1.165) is 13.7 Å². The Kier molecular flexibility index (Phi) is 1.72. The van der Waals surface area contributed by atoms with Crippen LogP contribution in [0.2, 0.25) is 0 Å². The third-order valence-corrected chi connectivity index (χ3v) is 3.62. The maximum Gasteiger partial charge on any atom is 0.256 e. The zero-order valence-electron chi connectivity index (χ0n) is 5.43. The Bertz CT molecular complexity index is 445. The van der Waals surface area contributed by atoms with Crippen LogP contribution in [0.25, 0.3) is 10.1 Å². The van der Waals surface area contributed by atoms with E-state index >= 15 is 0 Å². The lowest BCUT2D eigenvalue weighted by Gasteiger charge is -1.90. The van der Waals surface area contributed by atoms with Gasteiger partial charge in [-0.05, 0) is 34.0 Å². The van der Waals surface area contributed by atoms with Crippen LogP contribution in [0.15, 0.2) is 22.4 Å². The van der Waals surface area contributed by atoms with Gasteiger partial charge >= 0.3 is 0 Å². The molecule has 2 rings (SSSR count). The zero-order valence-corrected chi connectivity index (χ0v) is 8.40. The van der Waals surface area contributed by atoms with E-state index in [-0.39, 0.29) is 5.56 Å². The molecule has 0 radical (unpaired) electrons. The van der Waals surface area contributed by atoms with E-state index in [1.165, 1.54) is 0 Å². The summed E-state index contributed by atoms with van der Waals surface area (Å²) < 4.78 is 2.18. The van der Waals surface area contributed by atoms with Gasteiger partial charge in [-0.15, -0.1) is 11.3 Å². The normalized spacial score (nSPS) is 10.6. The fourth-order valence-corrected chi connectivity index (χ4v) is 2.57. The average Bonchev–Trinajstić information content (AvgIpc) is 2.45. The minimum absolute atomic E-state index is 0.00154. The van der Waals surface area contributed by atoms with Gasteiger partial charge in [0.2, 0.25) is 0 Å². The summed E-state index contributed by atoms with van der Waals surface area (Å²) >= 11 is 3.81. The fourth-order valence-electron chi connectivity index (χ4n) is 0.945. The first-order valence-corrected chi connectivity index (χ1v) is 4.99. The summed E-state index contributed by atoms with van der Waals surface area (Å²) in [5, 5.41) is 2.73. The molecule has 0 saturated heterocycles. The molecule has 2 nitrogen and oxygen atoms in total. The van der Waals surface area contributed by atoms with Gasteiger partial charge in [-0.1, -0.05) is 0 Å². The van der Waals surface area contributed by atoms with Gasteiger partial charge < -0.3 is 4.98 Å². The minimum atomic E-state index is 0.00154. The molecule has 0 aliphatic carbocycles. The molecule has 1 N–H and O–H groups in total. The number of thiophene rings is 1. The van der Waals surface area contributed by atoms with E-state index in [9.17, 15) is 4.79 Å². The molecule has 0 amide bonds. The monoisotopic (exact) mass is 277 g/mol. The molecule has 0 aromatic carbocycles. The number of nitrogens with one attached hydrogen (secondary N) is 1. The first-order chi connectivity index (χ1) is 5.29. The van der Waals surface area contributed by atoms with Crippen molar-refractivity contribution in [1.82, 2.24) is 4.98 Å². The number of aromatic nitrogens is 1. The summed E-state index contributed by atoms with van der Waals surface area (Å²) in [5.74, 6) is 0. The maximum absolute atomic E-state index is 11.1.